The zero-order valence-electron chi connectivity index (χ0n) is 11.6. The number of hydrogen-bond acceptors (Lipinski definition) is 1. The van der Waals surface area contributed by atoms with E-state index in [1.807, 2.05) is 35.2 Å². The average Bonchev–Trinajstić information content (AvgIpc) is 2.43. The average molecular weight is 250 g/mol. The molecule has 102 valence electrons. The Labute approximate surface area is 112 Å². The summed E-state index contributed by atoms with van der Waals surface area (Å²) in [5.41, 5.74) is 0.964. The Hall–Kier alpha value is -1.51. The molecule has 18 heavy (non-hydrogen) atoms. The molecule has 0 aromatic heterocycles. The van der Waals surface area contributed by atoms with Crippen LogP contribution in [0.1, 0.15) is 34.5 Å². The molecule has 0 radical (unpaired) electrons. The third-order valence-corrected chi connectivity index (χ3v) is 3.24. The van der Waals surface area contributed by atoms with Gasteiger partial charge in [-0.2, -0.15) is 0 Å². The highest BCUT2D eigenvalue weighted by atomic mass is 16.2. The SMILES string of the molecule is CCC[C@H](CC)CN(C(=O)NC)c1ccccc1.[HH]. The second-order valence-corrected chi connectivity index (χ2v) is 4.56. The molecule has 0 aliphatic heterocycles. The Morgan fingerprint density at radius 3 is 2.50 bits per heavy atom. The molecule has 1 atom stereocenters. The third-order valence-electron chi connectivity index (χ3n) is 3.24. The molecule has 3 heteroatoms. The molecule has 3 nitrogen and oxygen atoms in total. The predicted octanol–water partition coefficient (Wildman–Crippen LogP) is 3.90. The van der Waals surface area contributed by atoms with Gasteiger partial charge in [0.2, 0.25) is 0 Å². The molecule has 0 heterocycles. The summed E-state index contributed by atoms with van der Waals surface area (Å²) >= 11 is 0. The maximum atomic E-state index is 12.0. The molecule has 2 amide bonds. The number of nitrogens with zero attached hydrogens (tertiary/aromatic N) is 1. The molecule has 0 aliphatic rings. The summed E-state index contributed by atoms with van der Waals surface area (Å²) in [5, 5.41) is 2.72. The zero-order chi connectivity index (χ0) is 13.4. The van der Waals surface area contributed by atoms with Gasteiger partial charge in [0.05, 0.1) is 0 Å². The van der Waals surface area contributed by atoms with Crippen molar-refractivity contribution >= 4 is 11.7 Å². The Balaban J connectivity index is 0.00000324. The van der Waals surface area contributed by atoms with Gasteiger partial charge in [-0.05, 0) is 24.5 Å². The zero-order valence-corrected chi connectivity index (χ0v) is 11.6. The molecule has 0 fully saturated rings. The lowest BCUT2D eigenvalue weighted by Gasteiger charge is -2.26. The summed E-state index contributed by atoms with van der Waals surface area (Å²) in [7, 11) is 1.68. The Bertz CT molecular complexity index is 356. The lowest BCUT2D eigenvalue weighted by molar-refractivity contribution is 0.246. The van der Waals surface area contributed by atoms with Crippen LogP contribution in [-0.4, -0.2) is 19.6 Å². The Morgan fingerprint density at radius 1 is 1.33 bits per heavy atom. The van der Waals surface area contributed by atoms with E-state index in [-0.39, 0.29) is 7.46 Å². The van der Waals surface area contributed by atoms with Gasteiger partial charge in [0, 0.05) is 20.7 Å². The van der Waals surface area contributed by atoms with Crippen LogP contribution in [0.25, 0.3) is 0 Å². The van der Waals surface area contributed by atoms with Crippen molar-refractivity contribution in [3.05, 3.63) is 30.3 Å². The fraction of sp³-hybridized carbons (Fsp3) is 0.533. The van der Waals surface area contributed by atoms with E-state index in [9.17, 15) is 4.79 Å². The van der Waals surface area contributed by atoms with Crippen molar-refractivity contribution < 1.29 is 6.22 Å². The monoisotopic (exact) mass is 250 g/mol. The first-order chi connectivity index (χ1) is 8.72. The Morgan fingerprint density at radius 2 is 2.00 bits per heavy atom. The molecule has 0 saturated carbocycles. The molecular formula is C15H26N2O. The number of hydrogen-bond donors (Lipinski definition) is 1. The first kappa shape index (κ1) is 14.6. The van der Waals surface area contributed by atoms with Crippen LogP contribution in [0.4, 0.5) is 10.5 Å². The van der Waals surface area contributed by atoms with E-state index in [4.69, 9.17) is 0 Å². The summed E-state index contributed by atoms with van der Waals surface area (Å²) in [4.78, 5) is 13.8. The van der Waals surface area contributed by atoms with Gasteiger partial charge in [-0.3, -0.25) is 4.90 Å². The van der Waals surface area contributed by atoms with Crippen LogP contribution in [-0.2, 0) is 0 Å². The van der Waals surface area contributed by atoms with E-state index >= 15 is 0 Å². The van der Waals surface area contributed by atoms with Gasteiger partial charge < -0.3 is 5.32 Å². The molecular weight excluding hydrogens is 224 g/mol. The lowest BCUT2D eigenvalue weighted by atomic mass is 10.00. The van der Waals surface area contributed by atoms with Crippen LogP contribution in [0.15, 0.2) is 30.3 Å². The number of rotatable bonds is 6. The second-order valence-electron chi connectivity index (χ2n) is 4.56. The molecule has 1 aromatic carbocycles. The molecule has 0 saturated heterocycles. The summed E-state index contributed by atoms with van der Waals surface area (Å²) in [6.45, 7) is 5.16. The van der Waals surface area contributed by atoms with E-state index in [0.717, 1.165) is 31.5 Å². The molecule has 1 aromatic rings. The van der Waals surface area contributed by atoms with E-state index in [1.54, 1.807) is 7.05 Å². The van der Waals surface area contributed by atoms with E-state index in [1.165, 1.54) is 0 Å². The van der Waals surface area contributed by atoms with Crippen LogP contribution in [0, 0.1) is 5.92 Å². The number of carbonyl (C=O) groups excluding carboxylic acids is 1. The van der Waals surface area contributed by atoms with Crippen molar-refractivity contribution in [1.29, 1.82) is 0 Å². The maximum absolute atomic E-state index is 12.0. The van der Waals surface area contributed by atoms with Crippen LogP contribution in [0.2, 0.25) is 0 Å². The number of anilines is 1. The van der Waals surface area contributed by atoms with Gasteiger partial charge >= 0.3 is 6.03 Å². The van der Waals surface area contributed by atoms with Crippen LogP contribution in [0.3, 0.4) is 0 Å². The van der Waals surface area contributed by atoms with Crippen molar-refractivity contribution in [2.24, 2.45) is 5.92 Å². The number of carbonyl (C=O) groups is 1. The molecule has 1 rings (SSSR count). The molecule has 0 spiro atoms. The second kappa shape index (κ2) is 7.75. The smallest absolute Gasteiger partial charge is 0.321 e. The molecule has 1 N–H and O–H groups in total. The van der Waals surface area contributed by atoms with Crippen LogP contribution < -0.4 is 10.2 Å². The lowest BCUT2D eigenvalue weighted by Crippen LogP contribution is -2.41. The number of benzene rings is 1. The molecule has 0 aliphatic carbocycles. The number of amides is 2. The highest BCUT2D eigenvalue weighted by Crippen LogP contribution is 2.19. The summed E-state index contributed by atoms with van der Waals surface area (Å²) in [6, 6.07) is 9.82. The van der Waals surface area contributed by atoms with Gasteiger partial charge in [0.1, 0.15) is 0 Å². The van der Waals surface area contributed by atoms with Crippen molar-refractivity contribution in [1.82, 2.24) is 5.32 Å². The van der Waals surface area contributed by atoms with Crippen LogP contribution >= 0.6 is 0 Å². The largest absolute Gasteiger partial charge is 0.341 e. The normalized spacial score (nSPS) is 11.9. The standard InChI is InChI=1S/C15H24N2O.H2/c1-4-9-13(5-2)12-17(15(18)16-3)14-10-7-6-8-11-14;/h6-8,10-11,13H,4-5,9,12H2,1-3H3,(H,16,18);1H/t13-;/m0./s1. The summed E-state index contributed by atoms with van der Waals surface area (Å²) < 4.78 is 0. The van der Waals surface area contributed by atoms with Crippen molar-refractivity contribution in [3.63, 3.8) is 0 Å². The Kier molecular flexibility index (Phi) is 6.26. The predicted molar refractivity (Wildman–Crippen MR) is 79.0 cm³/mol. The minimum absolute atomic E-state index is 0. The van der Waals surface area contributed by atoms with Crippen LogP contribution in [0.5, 0.6) is 0 Å². The number of nitrogens with one attached hydrogen (secondary N) is 1. The molecule has 0 bridgehead atoms. The fourth-order valence-electron chi connectivity index (χ4n) is 2.14. The first-order valence-corrected chi connectivity index (χ1v) is 6.77. The maximum Gasteiger partial charge on any atom is 0.321 e. The number of para-hydroxylation sites is 1. The van der Waals surface area contributed by atoms with Gasteiger partial charge in [-0.15, -0.1) is 0 Å². The first-order valence-electron chi connectivity index (χ1n) is 6.77. The van der Waals surface area contributed by atoms with Crippen molar-refractivity contribution in [3.8, 4) is 0 Å². The van der Waals surface area contributed by atoms with E-state index in [0.29, 0.717) is 5.92 Å². The van der Waals surface area contributed by atoms with Crippen molar-refractivity contribution in [2.75, 3.05) is 18.5 Å². The number of urea groups is 1. The molecule has 0 unspecified atom stereocenters. The van der Waals surface area contributed by atoms with Crippen molar-refractivity contribution in [2.45, 2.75) is 33.1 Å². The van der Waals surface area contributed by atoms with E-state index < -0.39 is 0 Å². The summed E-state index contributed by atoms with van der Waals surface area (Å²) in [5.74, 6) is 0.563. The highest BCUT2D eigenvalue weighted by Gasteiger charge is 2.18. The summed E-state index contributed by atoms with van der Waals surface area (Å²) in [6.07, 6.45) is 3.43. The van der Waals surface area contributed by atoms with Gasteiger partial charge in [-0.1, -0.05) is 44.9 Å². The third kappa shape index (κ3) is 4.06. The van der Waals surface area contributed by atoms with Gasteiger partial charge in [0.25, 0.3) is 0 Å². The van der Waals surface area contributed by atoms with Gasteiger partial charge in [0.15, 0.2) is 0 Å². The quantitative estimate of drug-likeness (QED) is 0.815. The topological polar surface area (TPSA) is 32.3 Å². The highest BCUT2D eigenvalue weighted by molar-refractivity contribution is 5.91. The fourth-order valence-corrected chi connectivity index (χ4v) is 2.14. The van der Waals surface area contributed by atoms with Gasteiger partial charge in [-0.25, -0.2) is 4.79 Å². The minimum atomic E-state index is -0.0317. The van der Waals surface area contributed by atoms with E-state index in [2.05, 4.69) is 19.2 Å². The minimum Gasteiger partial charge on any atom is -0.341 e.